The lowest BCUT2D eigenvalue weighted by atomic mass is 10.1. The maximum Gasteiger partial charge on any atom is 0.151 e. The third-order valence-corrected chi connectivity index (χ3v) is 5.61. The highest BCUT2D eigenvalue weighted by atomic mass is 32.2. The van der Waals surface area contributed by atoms with Crippen LogP contribution in [0.3, 0.4) is 0 Å². The van der Waals surface area contributed by atoms with Crippen molar-refractivity contribution >= 4 is 9.84 Å². The van der Waals surface area contributed by atoms with E-state index < -0.39 is 9.84 Å². The van der Waals surface area contributed by atoms with E-state index in [0.29, 0.717) is 24.1 Å². The summed E-state index contributed by atoms with van der Waals surface area (Å²) in [6.45, 7) is 1.48. The predicted molar refractivity (Wildman–Crippen MR) is 65.1 cm³/mol. The van der Waals surface area contributed by atoms with E-state index in [1.807, 2.05) is 0 Å². The Bertz CT molecular complexity index is 323. The van der Waals surface area contributed by atoms with Crippen LogP contribution < -0.4 is 5.73 Å². The van der Waals surface area contributed by atoms with Crippen molar-refractivity contribution in [2.24, 2.45) is 5.73 Å². The minimum atomic E-state index is -2.77. The lowest BCUT2D eigenvalue weighted by Crippen LogP contribution is -2.45. The predicted octanol–water partition coefficient (Wildman–Crippen LogP) is 0.377. The molecule has 0 aromatic carbocycles. The second-order valence-corrected chi connectivity index (χ2v) is 7.25. The number of hydrogen-bond donors (Lipinski definition) is 1. The van der Waals surface area contributed by atoms with Gasteiger partial charge in [0.2, 0.25) is 0 Å². The van der Waals surface area contributed by atoms with Crippen LogP contribution in [0.4, 0.5) is 0 Å². The molecular weight excluding hydrogens is 224 g/mol. The first-order valence-corrected chi connectivity index (χ1v) is 8.11. The van der Waals surface area contributed by atoms with Crippen LogP contribution in [0.25, 0.3) is 0 Å². The fourth-order valence-electron chi connectivity index (χ4n) is 3.09. The summed E-state index contributed by atoms with van der Waals surface area (Å²) < 4.78 is 23.0. The molecule has 1 heterocycles. The van der Waals surface area contributed by atoms with Crippen LogP contribution in [0.1, 0.15) is 32.1 Å². The molecule has 0 radical (unpaired) electrons. The molecule has 1 aliphatic carbocycles. The summed E-state index contributed by atoms with van der Waals surface area (Å²) in [5.74, 6) is 0.717. The van der Waals surface area contributed by atoms with E-state index in [1.165, 1.54) is 25.7 Å². The Kier molecular flexibility index (Phi) is 3.87. The van der Waals surface area contributed by atoms with Crippen molar-refractivity contribution in [3.63, 3.8) is 0 Å². The van der Waals surface area contributed by atoms with E-state index in [9.17, 15) is 8.42 Å². The van der Waals surface area contributed by atoms with Gasteiger partial charge in [-0.1, -0.05) is 12.8 Å². The zero-order valence-corrected chi connectivity index (χ0v) is 10.6. The molecule has 2 aliphatic rings. The fourth-order valence-corrected chi connectivity index (χ4v) is 4.83. The first-order valence-electron chi connectivity index (χ1n) is 6.28. The molecule has 1 saturated heterocycles. The van der Waals surface area contributed by atoms with Crippen LogP contribution in [0.15, 0.2) is 0 Å². The second kappa shape index (κ2) is 5.02. The van der Waals surface area contributed by atoms with Crippen molar-refractivity contribution in [2.75, 3.05) is 24.6 Å². The van der Waals surface area contributed by atoms with Gasteiger partial charge in [-0.05, 0) is 19.3 Å². The summed E-state index contributed by atoms with van der Waals surface area (Å²) in [6, 6.07) is 0.818. The molecule has 5 heteroatoms. The van der Waals surface area contributed by atoms with Gasteiger partial charge in [0.25, 0.3) is 0 Å². The fraction of sp³-hybridized carbons (Fsp3) is 1.00. The van der Waals surface area contributed by atoms with Gasteiger partial charge in [0, 0.05) is 25.2 Å². The van der Waals surface area contributed by atoms with Gasteiger partial charge in [0.05, 0.1) is 11.5 Å². The van der Waals surface area contributed by atoms with Crippen molar-refractivity contribution in [3.05, 3.63) is 0 Å². The molecule has 0 aromatic heterocycles. The second-order valence-electron chi connectivity index (χ2n) is 5.02. The van der Waals surface area contributed by atoms with E-state index in [4.69, 9.17) is 5.73 Å². The average Bonchev–Trinajstić information content (AvgIpc) is 2.83. The molecule has 0 bridgehead atoms. The Morgan fingerprint density at radius 2 is 1.81 bits per heavy atom. The Morgan fingerprint density at radius 3 is 2.31 bits per heavy atom. The highest BCUT2D eigenvalue weighted by Crippen LogP contribution is 2.28. The molecule has 0 amide bonds. The number of rotatable bonds is 4. The van der Waals surface area contributed by atoms with Gasteiger partial charge in [-0.2, -0.15) is 0 Å². The van der Waals surface area contributed by atoms with Crippen molar-refractivity contribution in [2.45, 2.75) is 44.2 Å². The third-order valence-electron chi connectivity index (χ3n) is 3.86. The van der Waals surface area contributed by atoms with E-state index in [2.05, 4.69) is 4.90 Å². The molecule has 0 aromatic rings. The molecule has 1 atom stereocenters. The van der Waals surface area contributed by atoms with E-state index in [-0.39, 0.29) is 6.04 Å². The molecule has 94 valence electrons. The third kappa shape index (κ3) is 2.76. The first-order chi connectivity index (χ1) is 7.62. The van der Waals surface area contributed by atoms with Crippen molar-refractivity contribution < 1.29 is 8.42 Å². The SMILES string of the molecule is NCCN(C1CCCC1)C1CCS(=O)(=O)C1. The van der Waals surface area contributed by atoms with Crippen LogP contribution in [0.2, 0.25) is 0 Å². The Morgan fingerprint density at radius 1 is 1.12 bits per heavy atom. The lowest BCUT2D eigenvalue weighted by molar-refractivity contribution is 0.153. The molecule has 4 nitrogen and oxygen atoms in total. The molecule has 2 rings (SSSR count). The average molecular weight is 246 g/mol. The van der Waals surface area contributed by atoms with Crippen molar-refractivity contribution in [1.82, 2.24) is 4.90 Å². The Labute approximate surface area is 98.1 Å². The van der Waals surface area contributed by atoms with Gasteiger partial charge < -0.3 is 5.73 Å². The quantitative estimate of drug-likeness (QED) is 0.779. The number of sulfone groups is 1. The largest absolute Gasteiger partial charge is 0.329 e. The highest BCUT2D eigenvalue weighted by Gasteiger charge is 2.35. The van der Waals surface area contributed by atoms with Crippen LogP contribution in [-0.2, 0) is 9.84 Å². The first kappa shape index (κ1) is 12.3. The zero-order valence-electron chi connectivity index (χ0n) is 9.77. The van der Waals surface area contributed by atoms with Crippen LogP contribution >= 0.6 is 0 Å². The molecule has 2 N–H and O–H groups in total. The summed E-state index contributed by atoms with van der Waals surface area (Å²) in [7, 11) is -2.77. The normalized spacial score (nSPS) is 30.2. The van der Waals surface area contributed by atoms with E-state index in [0.717, 1.165) is 13.0 Å². The van der Waals surface area contributed by atoms with Gasteiger partial charge in [-0.25, -0.2) is 8.42 Å². The molecule has 2 fully saturated rings. The van der Waals surface area contributed by atoms with Crippen molar-refractivity contribution in [3.8, 4) is 0 Å². The number of nitrogens with two attached hydrogens (primary N) is 1. The van der Waals surface area contributed by atoms with E-state index >= 15 is 0 Å². The van der Waals surface area contributed by atoms with Gasteiger partial charge in [-0.3, -0.25) is 4.90 Å². The zero-order chi connectivity index (χ0) is 11.6. The topological polar surface area (TPSA) is 63.4 Å². The summed E-state index contributed by atoms with van der Waals surface area (Å²) >= 11 is 0. The van der Waals surface area contributed by atoms with Gasteiger partial charge in [0.1, 0.15) is 0 Å². The van der Waals surface area contributed by atoms with Gasteiger partial charge >= 0.3 is 0 Å². The smallest absolute Gasteiger partial charge is 0.151 e. The standard InChI is InChI=1S/C11H22N2O2S/c12-6-7-13(10-3-1-2-4-10)11-5-8-16(14,15)9-11/h10-11H,1-9,12H2. The van der Waals surface area contributed by atoms with Gasteiger partial charge in [-0.15, -0.1) is 0 Å². The van der Waals surface area contributed by atoms with Crippen LogP contribution in [0.5, 0.6) is 0 Å². The molecule has 1 unspecified atom stereocenters. The minimum absolute atomic E-state index is 0.233. The monoisotopic (exact) mass is 246 g/mol. The molecule has 0 spiro atoms. The number of hydrogen-bond acceptors (Lipinski definition) is 4. The minimum Gasteiger partial charge on any atom is -0.329 e. The maximum atomic E-state index is 11.5. The van der Waals surface area contributed by atoms with Crippen LogP contribution in [-0.4, -0.2) is 50.0 Å². The van der Waals surface area contributed by atoms with Crippen LogP contribution in [0, 0.1) is 0 Å². The molecule has 1 aliphatic heterocycles. The lowest BCUT2D eigenvalue weighted by Gasteiger charge is -2.33. The van der Waals surface area contributed by atoms with E-state index in [1.54, 1.807) is 0 Å². The summed E-state index contributed by atoms with van der Waals surface area (Å²) in [5.41, 5.74) is 5.64. The summed E-state index contributed by atoms with van der Waals surface area (Å²) in [4.78, 5) is 2.37. The highest BCUT2D eigenvalue weighted by molar-refractivity contribution is 7.91. The molecule has 16 heavy (non-hydrogen) atoms. The molecular formula is C11H22N2O2S. The summed E-state index contributed by atoms with van der Waals surface area (Å²) in [6.07, 6.45) is 5.81. The van der Waals surface area contributed by atoms with Gasteiger partial charge in [0.15, 0.2) is 9.84 Å². The Hall–Kier alpha value is -0.130. The summed E-state index contributed by atoms with van der Waals surface area (Å²) in [5, 5.41) is 0. The number of nitrogens with zero attached hydrogens (tertiary/aromatic N) is 1. The van der Waals surface area contributed by atoms with Crippen molar-refractivity contribution in [1.29, 1.82) is 0 Å². The Balaban J connectivity index is 2.01. The molecule has 1 saturated carbocycles. The maximum absolute atomic E-state index is 11.5.